The number of aromatic nitrogens is 2. The Labute approximate surface area is 460 Å². The molecule has 327 valence electrons. The Balaban J connectivity index is 1.10. The van der Waals surface area contributed by atoms with Crippen molar-refractivity contribution < 1.29 is 8.83 Å². The second kappa shape index (κ2) is 18.0. The monoisotopic (exact) mass is 949 g/mol. The fourth-order valence-electron chi connectivity index (χ4n) is 11.3. The Kier molecular flexibility index (Phi) is 11.4. The standard InChI is InChI=1S/C60H26B13N2O2/c1-25(61)47(63)57(46-45-51(67)52(68)54(70)56(72)59(45)77-60(46)73)75-39-20-15-29(28-14-19-38-34(21-28)32-9-5-6-10-37(32)74(38)31-16-11-27(12-17-31)26-7-3-2-4-8-26)22-35(39)33-18-13-30(23-40(33)75)42-44-43-41(24-36(62)48(64)50(43)66)76-58(44)55(71)53(69)49(42)65/h2-24H,1H3/b47-25-,57-46+. The van der Waals surface area contributed by atoms with Crippen LogP contribution in [0.25, 0.3) is 121 Å². The van der Waals surface area contributed by atoms with Crippen LogP contribution in [0.5, 0.6) is 0 Å². The van der Waals surface area contributed by atoms with Gasteiger partial charge in [-0.3, -0.25) is 0 Å². The first kappa shape index (κ1) is 49.0. The average Bonchev–Trinajstić information content (AvgIpc) is 4.41. The van der Waals surface area contributed by atoms with E-state index in [0.717, 1.165) is 60.5 Å². The molecule has 0 atom stereocenters. The van der Waals surface area contributed by atoms with Crippen molar-refractivity contribution in [2.45, 2.75) is 6.92 Å². The van der Waals surface area contributed by atoms with Gasteiger partial charge in [-0.2, -0.15) is 0 Å². The van der Waals surface area contributed by atoms with Gasteiger partial charge in [0.25, 0.3) is 0 Å². The Morgan fingerprint density at radius 1 is 0.416 bits per heavy atom. The SMILES string of the molecule is [B]/C(C)=C([B])/C(=c1\c(=[B])oc2c([B])c([B])c([B])c([B])c12)n1c2ccc(-c3ccc4c(c3)c3ccccc3n4-c3ccc(-c4ccccc4)cc3)cc2c2ccc(-c3c([B])c([B])c([B])c4oc5cc([B])c([B])c([B])c5c34)cc21. The van der Waals surface area contributed by atoms with Gasteiger partial charge in [0.2, 0.25) is 0 Å². The van der Waals surface area contributed by atoms with Crippen molar-refractivity contribution in [3.05, 3.63) is 161 Å². The Bertz CT molecular complexity index is 4910. The van der Waals surface area contributed by atoms with Crippen molar-refractivity contribution in [2.24, 2.45) is 0 Å². The van der Waals surface area contributed by atoms with Crippen LogP contribution in [0.2, 0.25) is 0 Å². The summed E-state index contributed by atoms with van der Waals surface area (Å²) in [4.78, 5) is 0. The van der Waals surface area contributed by atoms with Gasteiger partial charge >= 0.3 is 337 Å². The summed E-state index contributed by atoms with van der Waals surface area (Å²) in [5, 5.41) is 5.30. The van der Waals surface area contributed by atoms with Crippen LogP contribution in [0.4, 0.5) is 0 Å². The third-order valence-electron chi connectivity index (χ3n) is 15.2. The number of nitrogens with zero attached hydrogens (tertiary/aromatic N) is 2. The van der Waals surface area contributed by atoms with Crippen molar-refractivity contribution in [3.63, 3.8) is 0 Å². The molecule has 0 bridgehead atoms. The second-order valence-corrected chi connectivity index (χ2v) is 19.5. The van der Waals surface area contributed by atoms with Crippen molar-refractivity contribution >= 4 is 238 Å². The zero-order valence-corrected chi connectivity index (χ0v) is 41.5. The molecule has 77 heavy (non-hydrogen) atoms. The molecule has 0 saturated heterocycles. The van der Waals surface area contributed by atoms with Gasteiger partial charge in [-0.15, -0.1) is 5.46 Å². The van der Waals surface area contributed by atoms with E-state index in [9.17, 15) is 0 Å². The Morgan fingerprint density at radius 3 is 1.66 bits per heavy atom. The fourth-order valence-corrected chi connectivity index (χ4v) is 11.3. The molecule has 0 aliphatic carbocycles. The predicted octanol–water partition coefficient (Wildman–Crippen LogP) is 2.12. The molecule has 0 saturated carbocycles. The van der Waals surface area contributed by atoms with E-state index in [2.05, 4.69) is 95.6 Å². The average molecular weight is 947 g/mol. The number of furan rings is 2. The molecule has 25 radical (unpaired) electrons. The van der Waals surface area contributed by atoms with Crippen molar-refractivity contribution in [2.75, 3.05) is 0 Å². The molecular formula is C60H26B13N2O2. The topological polar surface area (TPSA) is 36.1 Å². The number of para-hydroxylation sites is 1. The first-order valence-electron chi connectivity index (χ1n) is 24.5. The molecule has 13 aromatic rings. The summed E-state index contributed by atoms with van der Waals surface area (Å²) in [5.74, 6) is 0. The Hall–Kier alpha value is -7.63. The molecule has 0 aliphatic rings. The molecule has 0 aliphatic heterocycles. The molecular weight excluding hydrogens is 921 g/mol. The molecule has 0 amide bonds. The van der Waals surface area contributed by atoms with Crippen LogP contribution in [-0.4, -0.2) is 111 Å². The van der Waals surface area contributed by atoms with E-state index in [1.807, 2.05) is 47.0 Å². The maximum absolute atomic E-state index is 7.18. The quantitative estimate of drug-likeness (QED) is 0.240. The number of hydrogen-bond donors (Lipinski definition) is 0. The first-order chi connectivity index (χ1) is 37.0. The van der Waals surface area contributed by atoms with Crippen molar-refractivity contribution in [3.8, 4) is 39.1 Å². The molecule has 0 N–H and O–H groups in total. The minimum absolute atomic E-state index is 0.0491. The summed E-state index contributed by atoms with van der Waals surface area (Å²) < 4.78 is 16.8. The summed E-state index contributed by atoms with van der Waals surface area (Å²) in [6, 6.07) is 47.8. The number of allylic oxidation sites excluding steroid dienone is 2. The minimum atomic E-state index is -0.0700. The Morgan fingerprint density at radius 2 is 0.961 bits per heavy atom. The van der Waals surface area contributed by atoms with Gasteiger partial charge < -0.3 is 4.57 Å². The molecule has 17 heteroatoms. The normalized spacial score (nSPS) is 12.8. The summed E-state index contributed by atoms with van der Waals surface area (Å²) >= 11 is 0. The second-order valence-electron chi connectivity index (χ2n) is 19.5. The van der Waals surface area contributed by atoms with Gasteiger partial charge in [-0.25, -0.2) is 0 Å². The number of rotatable bonds is 6. The maximum atomic E-state index is 7.18. The van der Waals surface area contributed by atoms with Gasteiger partial charge in [-0.1, -0.05) is 60.7 Å². The molecule has 13 rings (SSSR count). The summed E-state index contributed by atoms with van der Waals surface area (Å²) in [5.41, 5.74) is 12.6. The zero-order valence-electron chi connectivity index (χ0n) is 41.5. The molecule has 4 nitrogen and oxygen atoms in total. The molecule has 4 heterocycles. The third kappa shape index (κ3) is 7.21. The van der Waals surface area contributed by atoms with E-state index >= 15 is 0 Å². The van der Waals surface area contributed by atoms with Crippen LogP contribution in [0.3, 0.4) is 0 Å². The van der Waals surface area contributed by atoms with E-state index in [1.165, 1.54) is 0 Å². The van der Waals surface area contributed by atoms with Crippen LogP contribution in [0, 0.1) is 5.31 Å². The van der Waals surface area contributed by atoms with Gasteiger partial charge in [0.15, 0.2) is 0 Å². The van der Waals surface area contributed by atoms with E-state index in [-0.39, 0.29) is 87.3 Å². The van der Waals surface area contributed by atoms with Gasteiger partial charge in [0.1, 0.15) is 15.7 Å². The predicted molar refractivity (Wildman–Crippen MR) is 335 cm³/mol. The van der Waals surface area contributed by atoms with Crippen LogP contribution < -0.4 is 59.8 Å². The molecule has 0 fully saturated rings. The van der Waals surface area contributed by atoms with Crippen LogP contribution in [-0.2, 0) is 0 Å². The summed E-state index contributed by atoms with van der Waals surface area (Å²) in [6.07, 6.45) is 0. The van der Waals surface area contributed by atoms with E-state index < -0.39 is 0 Å². The van der Waals surface area contributed by atoms with Crippen molar-refractivity contribution in [1.29, 1.82) is 0 Å². The summed E-state index contributed by atoms with van der Waals surface area (Å²) in [7, 11) is 86.8. The number of benzene rings is 9. The van der Waals surface area contributed by atoms with Crippen LogP contribution in [0.15, 0.2) is 159 Å². The van der Waals surface area contributed by atoms with Crippen LogP contribution in [0.1, 0.15) is 6.92 Å². The molecule has 4 aromatic heterocycles. The molecule has 0 spiro atoms. The number of hydrogen-bond acceptors (Lipinski definition) is 2. The fraction of sp³-hybridized carbons (Fsp3) is 0.0167. The van der Waals surface area contributed by atoms with E-state index in [0.29, 0.717) is 49.6 Å². The van der Waals surface area contributed by atoms with Crippen molar-refractivity contribution in [1.82, 2.24) is 9.13 Å². The van der Waals surface area contributed by atoms with Gasteiger partial charge in [0, 0.05) is 5.69 Å². The van der Waals surface area contributed by atoms with Gasteiger partial charge in [0.05, 0.1) is 5.52 Å². The first-order valence-corrected chi connectivity index (χ1v) is 24.5. The summed E-state index contributed by atoms with van der Waals surface area (Å²) in [6.45, 7) is 1.68. The van der Waals surface area contributed by atoms with E-state index in [4.69, 9.17) is 110 Å². The zero-order chi connectivity index (χ0) is 53.6. The van der Waals surface area contributed by atoms with Gasteiger partial charge in [-0.05, 0) is 29.3 Å². The number of fused-ring (bicyclic) bond motifs is 10. The van der Waals surface area contributed by atoms with Crippen LogP contribution >= 0.6 is 0 Å². The molecule has 9 aromatic carbocycles. The third-order valence-corrected chi connectivity index (χ3v) is 15.2. The van der Waals surface area contributed by atoms with E-state index in [1.54, 1.807) is 13.0 Å². The molecule has 0 unspecified atom stereocenters.